The van der Waals surface area contributed by atoms with E-state index in [9.17, 15) is 14.9 Å². The second-order valence-electron chi connectivity index (χ2n) is 4.67. The van der Waals surface area contributed by atoms with Crippen LogP contribution < -0.4 is 5.32 Å². The molecule has 1 heterocycles. The third kappa shape index (κ3) is 2.63. The van der Waals surface area contributed by atoms with Crippen molar-refractivity contribution < 1.29 is 9.72 Å². The Balaban J connectivity index is 2.15. The summed E-state index contributed by atoms with van der Waals surface area (Å²) in [4.78, 5) is 22.5. The highest BCUT2D eigenvalue weighted by Gasteiger charge is 2.28. The number of rotatable bonds is 2. The second-order valence-corrected chi connectivity index (χ2v) is 6.00. The number of carbonyl (C=O) groups is 1. The van der Waals surface area contributed by atoms with Gasteiger partial charge in [-0.25, -0.2) is 0 Å². The summed E-state index contributed by atoms with van der Waals surface area (Å²) in [5.41, 5.74) is 1.90. The maximum absolute atomic E-state index is 12.1. The highest BCUT2D eigenvalue weighted by Crippen LogP contribution is 2.39. The van der Waals surface area contributed by atoms with E-state index in [1.807, 2.05) is 24.3 Å². The molecular weight excluding hydrogens is 372 g/mol. The summed E-state index contributed by atoms with van der Waals surface area (Å²) in [5.74, 6) is -0.313. The Bertz CT molecular complexity index is 849. The number of hydrogen-bond acceptors (Lipinski definition) is 3. The monoisotopic (exact) mass is 378 g/mol. The van der Waals surface area contributed by atoms with Crippen LogP contribution in [0.3, 0.4) is 0 Å². The van der Waals surface area contributed by atoms with Gasteiger partial charge in [0.1, 0.15) is 5.02 Å². The summed E-state index contributed by atoms with van der Waals surface area (Å²) in [5, 5.41) is 13.7. The fraction of sp³-hybridized carbons (Fsp3) is 0. The van der Waals surface area contributed by atoms with Gasteiger partial charge in [-0.15, -0.1) is 0 Å². The minimum atomic E-state index is -0.567. The quantitative estimate of drug-likeness (QED) is 0.474. The SMILES string of the molecule is O=C1Nc2cc(Cl)c([N+](=O)[O-])cc2C1=Cc1cccc(Br)c1. The van der Waals surface area contributed by atoms with Crippen molar-refractivity contribution in [3.05, 3.63) is 67.1 Å². The van der Waals surface area contributed by atoms with Crippen LogP contribution in [0.15, 0.2) is 40.9 Å². The van der Waals surface area contributed by atoms with Crippen LogP contribution in [0.25, 0.3) is 11.6 Å². The molecule has 22 heavy (non-hydrogen) atoms. The Kier molecular flexibility index (Phi) is 3.72. The Morgan fingerprint density at radius 3 is 2.73 bits per heavy atom. The molecule has 0 saturated carbocycles. The minimum absolute atomic E-state index is 0.00671. The maximum atomic E-state index is 12.1. The lowest BCUT2D eigenvalue weighted by Crippen LogP contribution is -2.03. The summed E-state index contributed by atoms with van der Waals surface area (Å²) < 4.78 is 0.877. The van der Waals surface area contributed by atoms with Crippen molar-refractivity contribution >= 4 is 56.5 Å². The zero-order chi connectivity index (χ0) is 15.9. The van der Waals surface area contributed by atoms with Gasteiger partial charge in [0.05, 0.1) is 10.6 Å². The van der Waals surface area contributed by atoms with Crippen LogP contribution in [0.2, 0.25) is 5.02 Å². The molecule has 0 spiro atoms. The topological polar surface area (TPSA) is 72.2 Å². The van der Waals surface area contributed by atoms with Gasteiger partial charge in [0.25, 0.3) is 11.6 Å². The zero-order valence-corrected chi connectivity index (χ0v) is 13.3. The van der Waals surface area contributed by atoms with Crippen molar-refractivity contribution in [3.63, 3.8) is 0 Å². The number of halogens is 2. The summed E-state index contributed by atoms with van der Waals surface area (Å²) in [6.07, 6.45) is 1.68. The number of hydrogen-bond donors (Lipinski definition) is 1. The minimum Gasteiger partial charge on any atom is -0.321 e. The van der Waals surface area contributed by atoms with Crippen LogP contribution in [0, 0.1) is 10.1 Å². The van der Waals surface area contributed by atoms with Gasteiger partial charge < -0.3 is 5.32 Å². The largest absolute Gasteiger partial charge is 0.321 e. The number of anilines is 1. The van der Waals surface area contributed by atoms with E-state index in [1.165, 1.54) is 12.1 Å². The molecule has 0 saturated heterocycles. The van der Waals surface area contributed by atoms with Gasteiger partial charge in [0, 0.05) is 21.7 Å². The molecular formula is C15H8BrClN2O3. The molecule has 1 aliphatic heterocycles. The summed E-state index contributed by atoms with van der Waals surface area (Å²) in [6.45, 7) is 0. The first-order valence-electron chi connectivity index (χ1n) is 6.22. The van der Waals surface area contributed by atoms with E-state index in [0.29, 0.717) is 16.8 Å². The number of fused-ring (bicyclic) bond motifs is 1. The van der Waals surface area contributed by atoms with E-state index in [0.717, 1.165) is 10.0 Å². The van der Waals surface area contributed by atoms with Gasteiger partial charge in [0.15, 0.2) is 0 Å². The average Bonchev–Trinajstić information content (AvgIpc) is 2.73. The third-order valence-electron chi connectivity index (χ3n) is 3.23. The lowest BCUT2D eigenvalue weighted by Gasteiger charge is -2.01. The van der Waals surface area contributed by atoms with Gasteiger partial charge >= 0.3 is 0 Å². The second kappa shape index (κ2) is 5.55. The maximum Gasteiger partial charge on any atom is 0.288 e. The molecule has 7 heteroatoms. The Labute approximate surface area is 138 Å². The molecule has 1 aliphatic rings. The molecule has 0 aromatic heterocycles. The molecule has 0 fully saturated rings. The predicted octanol–water partition coefficient (Wildman–Crippen LogP) is 4.50. The van der Waals surface area contributed by atoms with E-state index >= 15 is 0 Å². The van der Waals surface area contributed by atoms with Gasteiger partial charge in [-0.1, -0.05) is 39.7 Å². The molecule has 0 atom stereocenters. The van der Waals surface area contributed by atoms with Gasteiger partial charge in [-0.3, -0.25) is 14.9 Å². The van der Waals surface area contributed by atoms with Crippen molar-refractivity contribution in [2.45, 2.75) is 0 Å². The first kappa shape index (κ1) is 14.7. The highest BCUT2D eigenvalue weighted by atomic mass is 79.9. The van der Waals surface area contributed by atoms with Crippen molar-refractivity contribution in [1.29, 1.82) is 0 Å². The Morgan fingerprint density at radius 1 is 1.27 bits per heavy atom. The fourth-order valence-corrected chi connectivity index (χ4v) is 2.90. The molecule has 3 rings (SSSR count). The molecule has 0 radical (unpaired) electrons. The average molecular weight is 380 g/mol. The van der Waals surface area contributed by atoms with E-state index in [-0.39, 0.29) is 16.6 Å². The fourth-order valence-electron chi connectivity index (χ4n) is 2.25. The number of nitrogens with zero attached hydrogens (tertiary/aromatic N) is 1. The zero-order valence-electron chi connectivity index (χ0n) is 11.0. The van der Waals surface area contributed by atoms with E-state index < -0.39 is 4.92 Å². The van der Waals surface area contributed by atoms with Gasteiger partial charge in [0.2, 0.25) is 0 Å². The normalized spacial score (nSPS) is 14.8. The van der Waals surface area contributed by atoms with Gasteiger partial charge in [-0.05, 0) is 29.8 Å². The van der Waals surface area contributed by atoms with Crippen LogP contribution >= 0.6 is 27.5 Å². The van der Waals surface area contributed by atoms with Crippen LogP contribution in [0.1, 0.15) is 11.1 Å². The first-order chi connectivity index (χ1) is 10.5. The molecule has 2 aromatic rings. The lowest BCUT2D eigenvalue weighted by atomic mass is 10.0. The van der Waals surface area contributed by atoms with E-state index in [2.05, 4.69) is 21.2 Å². The number of nitro groups is 1. The number of nitrogens with one attached hydrogen (secondary N) is 1. The van der Waals surface area contributed by atoms with Crippen LogP contribution in [0.4, 0.5) is 11.4 Å². The number of carbonyl (C=O) groups excluding carboxylic acids is 1. The third-order valence-corrected chi connectivity index (χ3v) is 4.02. The van der Waals surface area contributed by atoms with Crippen molar-refractivity contribution in [2.24, 2.45) is 0 Å². The van der Waals surface area contributed by atoms with E-state index in [4.69, 9.17) is 11.6 Å². The Hall–Kier alpha value is -2.18. The molecule has 1 amide bonds. The van der Waals surface area contributed by atoms with Crippen LogP contribution in [-0.2, 0) is 4.79 Å². The predicted molar refractivity (Wildman–Crippen MR) is 88.7 cm³/mol. The number of benzene rings is 2. The van der Waals surface area contributed by atoms with Crippen LogP contribution in [-0.4, -0.2) is 10.8 Å². The van der Waals surface area contributed by atoms with E-state index in [1.54, 1.807) is 6.08 Å². The standard InChI is InChI=1S/C15H8BrClN2O3/c16-9-3-1-2-8(4-9)5-11-10-6-14(19(21)22)12(17)7-13(10)18-15(11)20/h1-7H,(H,18,20). The van der Waals surface area contributed by atoms with Gasteiger partial charge in [-0.2, -0.15) is 0 Å². The smallest absolute Gasteiger partial charge is 0.288 e. The van der Waals surface area contributed by atoms with Crippen LogP contribution in [0.5, 0.6) is 0 Å². The first-order valence-corrected chi connectivity index (χ1v) is 7.40. The molecule has 2 aromatic carbocycles. The molecule has 0 aliphatic carbocycles. The van der Waals surface area contributed by atoms with Crippen molar-refractivity contribution in [1.82, 2.24) is 0 Å². The number of amides is 1. The Morgan fingerprint density at radius 2 is 2.05 bits per heavy atom. The molecule has 1 N–H and O–H groups in total. The molecule has 5 nitrogen and oxygen atoms in total. The molecule has 0 bridgehead atoms. The number of nitro benzene ring substituents is 1. The summed E-state index contributed by atoms with van der Waals surface area (Å²) in [6, 6.07) is 10.1. The summed E-state index contributed by atoms with van der Waals surface area (Å²) >= 11 is 9.22. The lowest BCUT2D eigenvalue weighted by molar-refractivity contribution is -0.384. The van der Waals surface area contributed by atoms with Crippen molar-refractivity contribution in [3.8, 4) is 0 Å². The van der Waals surface area contributed by atoms with Crippen molar-refractivity contribution in [2.75, 3.05) is 5.32 Å². The molecule has 0 unspecified atom stereocenters. The highest BCUT2D eigenvalue weighted by molar-refractivity contribution is 9.10. The summed E-state index contributed by atoms with van der Waals surface area (Å²) in [7, 11) is 0. The molecule has 110 valence electrons.